The Hall–Kier alpha value is -3.42. The molecule has 0 aliphatic rings. The van der Waals surface area contributed by atoms with E-state index in [2.05, 4.69) is 5.32 Å². The molecule has 0 aromatic heterocycles. The minimum Gasteiger partial charge on any atom is -0.458 e. The third-order valence-corrected chi connectivity index (χ3v) is 3.78. The van der Waals surface area contributed by atoms with Crippen molar-refractivity contribution >= 4 is 17.7 Å². The van der Waals surface area contributed by atoms with E-state index >= 15 is 0 Å². The van der Waals surface area contributed by atoms with E-state index in [1.165, 1.54) is 24.3 Å². The van der Waals surface area contributed by atoms with Crippen LogP contribution in [0.1, 0.15) is 31.9 Å². The van der Waals surface area contributed by atoms with Crippen molar-refractivity contribution in [3.05, 3.63) is 75.8 Å². The molecule has 154 valence electrons. The molecule has 2 rings (SSSR count). The molecule has 0 radical (unpaired) electrons. The first-order chi connectivity index (χ1) is 13.6. The van der Waals surface area contributed by atoms with Gasteiger partial charge >= 0.3 is 12.1 Å². The number of alkyl carbamates (subject to hydrolysis) is 1. The van der Waals surface area contributed by atoms with Crippen LogP contribution in [-0.4, -0.2) is 28.6 Å². The monoisotopic (exact) mass is 400 g/mol. The minimum atomic E-state index is -1.00. The molecule has 8 heteroatoms. The molecule has 0 heterocycles. The molecule has 0 saturated carbocycles. The molecule has 2 aromatic carbocycles. The number of non-ortho nitro benzene ring substituents is 1. The normalized spacial score (nSPS) is 12.0. The first kappa shape index (κ1) is 21.9. The summed E-state index contributed by atoms with van der Waals surface area (Å²) in [6, 6.07) is 13.9. The highest BCUT2D eigenvalue weighted by Crippen LogP contribution is 2.15. The molecule has 0 fully saturated rings. The summed E-state index contributed by atoms with van der Waals surface area (Å²) >= 11 is 0. The molecule has 0 aliphatic heterocycles. The summed E-state index contributed by atoms with van der Waals surface area (Å²) in [5.74, 6) is -0.618. The number of ether oxygens (including phenoxy) is 2. The van der Waals surface area contributed by atoms with E-state index in [-0.39, 0.29) is 18.7 Å². The Morgan fingerprint density at radius 3 is 2.21 bits per heavy atom. The van der Waals surface area contributed by atoms with Gasteiger partial charge in [-0.1, -0.05) is 42.5 Å². The number of carbonyl (C=O) groups excluding carboxylic acids is 2. The second-order valence-corrected chi connectivity index (χ2v) is 7.42. The molecule has 0 spiro atoms. The van der Waals surface area contributed by atoms with Gasteiger partial charge in [0.15, 0.2) is 0 Å². The molecule has 0 saturated heterocycles. The van der Waals surface area contributed by atoms with E-state index in [0.29, 0.717) is 5.56 Å². The summed E-state index contributed by atoms with van der Waals surface area (Å²) in [5, 5.41) is 13.3. The SMILES string of the molecule is CC(C)(C)OC(=O)[C@H](Cc1ccc([N+](=O)[O-])cc1)NC(=O)OCc1ccccc1. The number of nitro groups is 1. The van der Waals surface area contributed by atoms with E-state index in [1.807, 2.05) is 30.3 Å². The predicted molar refractivity (Wildman–Crippen MR) is 106 cm³/mol. The molecule has 0 aliphatic carbocycles. The molecule has 2 aromatic rings. The number of nitrogens with one attached hydrogen (secondary N) is 1. The molecule has 1 amide bonds. The highest BCUT2D eigenvalue weighted by atomic mass is 16.6. The first-order valence-electron chi connectivity index (χ1n) is 9.07. The topological polar surface area (TPSA) is 108 Å². The maximum atomic E-state index is 12.5. The Labute approximate surface area is 169 Å². The number of hydrogen-bond acceptors (Lipinski definition) is 6. The summed E-state index contributed by atoms with van der Waals surface area (Å²) < 4.78 is 10.6. The maximum Gasteiger partial charge on any atom is 0.408 e. The van der Waals surface area contributed by atoms with Crippen molar-refractivity contribution in [2.24, 2.45) is 0 Å². The number of nitro benzene ring substituents is 1. The molecule has 0 bridgehead atoms. The van der Waals surface area contributed by atoms with Crippen LogP contribution in [0.2, 0.25) is 0 Å². The van der Waals surface area contributed by atoms with Crippen molar-refractivity contribution in [1.29, 1.82) is 0 Å². The third kappa shape index (κ3) is 7.61. The van der Waals surface area contributed by atoms with Gasteiger partial charge in [-0.15, -0.1) is 0 Å². The van der Waals surface area contributed by atoms with Gasteiger partial charge in [0.05, 0.1) is 4.92 Å². The number of carbonyl (C=O) groups is 2. The van der Waals surface area contributed by atoms with Crippen molar-refractivity contribution in [2.75, 3.05) is 0 Å². The summed E-state index contributed by atoms with van der Waals surface area (Å²) in [6.07, 6.45) is -0.653. The van der Waals surface area contributed by atoms with Crippen molar-refractivity contribution in [2.45, 2.75) is 45.4 Å². The van der Waals surface area contributed by atoms with Crippen LogP contribution in [0.25, 0.3) is 0 Å². The molecule has 29 heavy (non-hydrogen) atoms. The van der Waals surface area contributed by atoms with Gasteiger partial charge in [-0.3, -0.25) is 10.1 Å². The van der Waals surface area contributed by atoms with Crippen LogP contribution in [0.5, 0.6) is 0 Å². The van der Waals surface area contributed by atoms with Crippen LogP contribution in [0.3, 0.4) is 0 Å². The largest absolute Gasteiger partial charge is 0.458 e. The Kier molecular flexibility index (Phi) is 7.30. The molecule has 1 atom stereocenters. The smallest absolute Gasteiger partial charge is 0.408 e. The lowest BCUT2D eigenvalue weighted by Gasteiger charge is -2.24. The standard InChI is InChI=1S/C21H24N2O6/c1-21(2,3)29-19(24)18(13-15-9-11-17(12-10-15)23(26)27)22-20(25)28-14-16-7-5-4-6-8-16/h4-12,18H,13-14H2,1-3H3,(H,22,25)/t18-/m0/s1. The van der Waals surface area contributed by atoms with Crippen LogP contribution < -0.4 is 5.32 Å². The zero-order valence-corrected chi connectivity index (χ0v) is 16.6. The van der Waals surface area contributed by atoms with E-state index in [4.69, 9.17) is 9.47 Å². The van der Waals surface area contributed by atoms with Gasteiger partial charge in [0.2, 0.25) is 0 Å². The Balaban J connectivity index is 2.06. The number of amides is 1. The lowest BCUT2D eigenvalue weighted by atomic mass is 10.1. The summed E-state index contributed by atoms with van der Waals surface area (Å²) in [5.41, 5.74) is 0.653. The van der Waals surface area contributed by atoms with Gasteiger partial charge in [-0.25, -0.2) is 9.59 Å². The van der Waals surface area contributed by atoms with Gasteiger partial charge in [0, 0.05) is 18.6 Å². The zero-order chi connectivity index (χ0) is 21.4. The summed E-state index contributed by atoms with van der Waals surface area (Å²) in [7, 11) is 0. The van der Waals surface area contributed by atoms with Crippen molar-refractivity contribution < 1.29 is 24.0 Å². The predicted octanol–water partition coefficient (Wildman–Crippen LogP) is 3.77. The minimum absolute atomic E-state index is 0.0576. The second kappa shape index (κ2) is 9.68. The van der Waals surface area contributed by atoms with Gasteiger partial charge in [-0.05, 0) is 31.9 Å². The molecule has 8 nitrogen and oxygen atoms in total. The fourth-order valence-corrected chi connectivity index (χ4v) is 2.46. The maximum absolute atomic E-state index is 12.5. The second-order valence-electron chi connectivity index (χ2n) is 7.42. The Bertz CT molecular complexity index is 844. The fourth-order valence-electron chi connectivity index (χ4n) is 2.46. The van der Waals surface area contributed by atoms with Crippen molar-refractivity contribution in [3.63, 3.8) is 0 Å². The lowest BCUT2D eigenvalue weighted by molar-refractivity contribution is -0.384. The number of nitrogens with zero attached hydrogens (tertiary/aromatic N) is 1. The highest BCUT2D eigenvalue weighted by molar-refractivity contribution is 5.82. The van der Waals surface area contributed by atoms with E-state index in [0.717, 1.165) is 5.56 Å². The summed E-state index contributed by atoms with van der Waals surface area (Å²) in [4.78, 5) is 35.0. The molecular formula is C21H24N2O6. The van der Waals surface area contributed by atoms with Gasteiger partial charge < -0.3 is 14.8 Å². The number of esters is 1. The van der Waals surface area contributed by atoms with Gasteiger partial charge in [0.1, 0.15) is 18.2 Å². The van der Waals surface area contributed by atoms with E-state index in [1.54, 1.807) is 20.8 Å². The van der Waals surface area contributed by atoms with Crippen LogP contribution >= 0.6 is 0 Å². The van der Waals surface area contributed by atoms with Crippen LogP contribution in [0, 0.1) is 10.1 Å². The number of benzene rings is 2. The quantitative estimate of drug-likeness (QED) is 0.431. The fraction of sp³-hybridized carbons (Fsp3) is 0.333. The molecule has 0 unspecified atom stereocenters. The number of hydrogen-bond donors (Lipinski definition) is 1. The van der Waals surface area contributed by atoms with Gasteiger partial charge in [-0.2, -0.15) is 0 Å². The average Bonchev–Trinajstić information content (AvgIpc) is 2.66. The molecular weight excluding hydrogens is 376 g/mol. The first-order valence-corrected chi connectivity index (χ1v) is 9.07. The van der Waals surface area contributed by atoms with E-state index < -0.39 is 28.6 Å². The Morgan fingerprint density at radius 2 is 1.66 bits per heavy atom. The highest BCUT2D eigenvalue weighted by Gasteiger charge is 2.27. The van der Waals surface area contributed by atoms with Crippen molar-refractivity contribution in [3.8, 4) is 0 Å². The summed E-state index contributed by atoms with van der Waals surface area (Å²) in [6.45, 7) is 5.23. The number of rotatable bonds is 7. The van der Waals surface area contributed by atoms with Gasteiger partial charge in [0.25, 0.3) is 5.69 Å². The zero-order valence-electron chi connectivity index (χ0n) is 16.6. The van der Waals surface area contributed by atoms with Crippen molar-refractivity contribution in [1.82, 2.24) is 5.32 Å². The Morgan fingerprint density at radius 1 is 1.03 bits per heavy atom. The van der Waals surface area contributed by atoms with Crippen LogP contribution in [0.4, 0.5) is 10.5 Å². The molecule has 1 N–H and O–H groups in total. The third-order valence-electron chi connectivity index (χ3n) is 3.78. The average molecular weight is 400 g/mol. The van der Waals surface area contributed by atoms with Crippen LogP contribution in [-0.2, 0) is 27.3 Å². The van der Waals surface area contributed by atoms with E-state index in [9.17, 15) is 19.7 Å². The lowest BCUT2D eigenvalue weighted by Crippen LogP contribution is -2.45. The van der Waals surface area contributed by atoms with Crippen LogP contribution in [0.15, 0.2) is 54.6 Å².